The number of nitrogens with zero attached hydrogens (tertiary/aromatic N) is 1. The first-order valence-electron chi connectivity index (χ1n) is 5.61. The number of carbonyl (C=O) groups is 1. The molecule has 1 atom stereocenters. The molecule has 18 heavy (non-hydrogen) atoms. The minimum absolute atomic E-state index is 0.0869. The van der Waals surface area contributed by atoms with Gasteiger partial charge >= 0.3 is 0 Å². The molecule has 0 saturated heterocycles. The average molecular weight is 261 g/mol. The van der Waals surface area contributed by atoms with E-state index < -0.39 is 0 Å². The molecular weight excluding hydrogens is 246 g/mol. The third kappa shape index (κ3) is 2.09. The Kier molecular flexibility index (Phi) is 3.34. The van der Waals surface area contributed by atoms with E-state index in [0.29, 0.717) is 10.6 Å². The van der Waals surface area contributed by atoms with Crippen LogP contribution >= 0.6 is 11.3 Å². The maximum atomic E-state index is 12.1. The van der Waals surface area contributed by atoms with E-state index in [4.69, 9.17) is 5.73 Å². The molecule has 0 aliphatic carbocycles. The molecule has 2 aromatic rings. The second-order valence-corrected chi connectivity index (χ2v) is 5.15. The van der Waals surface area contributed by atoms with Gasteiger partial charge < -0.3 is 11.1 Å². The van der Waals surface area contributed by atoms with Crippen LogP contribution in [0, 0.1) is 6.92 Å². The first-order valence-corrected chi connectivity index (χ1v) is 6.43. The first-order chi connectivity index (χ1) is 8.54. The molecular formula is C13H15N3OS. The van der Waals surface area contributed by atoms with Crippen molar-refractivity contribution in [2.45, 2.75) is 19.9 Å². The van der Waals surface area contributed by atoms with Crippen molar-refractivity contribution >= 4 is 33.1 Å². The smallest absolute Gasteiger partial charge is 0.264 e. The zero-order valence-corrected chi connectivity index (χ0v) is 11.2. The summed E-state index contributed by atoms with van der Waals surface area (Å²) in [5.74, 6) is -0.178. The molecule has 0 spiro atoms. The topological polar surface area (TPSA) is 68.0 Å². The molecule has 0 saturated carbocycles. The van der Waals surface area contributed by atoms with Crippen LogP contribution in [0.5, 0.6) is 0 Å². The number of carbonyl (C=O) groups excluding carboxylic acids is 1. The normalized spacial score (nSPS) is 12.3. The number of fused-ring (bicyclic) bond motifs is 1. The highest BCUT2D eigenvalue weighted by Gasteiger charge is 2.18. The van der Waals surface area contributed by atoms with Crippen LogP contribution in [-0.2, 0) is 0 Å². The van der Waals surface area contributed by atoms with Crippen LogP contribution in [0.2, 0.25) is 0 Å². The summed E-state index contributed by atoms with van der Waals surface area (Å²) in [5, 5.41) is 3.69. The summed E-state index contributed by atoms with van der Waals surface area (Å²) in [6, 6.07) is 1.80. The van der Waals surface area contributed by atoms with Gasteiger partial charge in [0, 0.05) is 17.6 Å². The number of anilines is 1. The Morgan fingerprint density at radius 3 is 3.00 bits per heavy atom. The van der Waals surface area contributed by atoms with Crippen molar-refractivity contribution in [1.82, 2.24) is 10.3 Å². The number of thiophene rings is 1. The molecule has 0 aromatic carbocycles. The molecule has 2 heterocycles. The van der Waals surface area contributed by atoms with Crippen LogP contribution in [0.1, 0.15) is 22.2 Å². The fourth-order valence-corrected chi connectivity index (χ4v) is 2.75. The van der Waals surface area contributed by atoms with Gasteiger partial charge in [-0.15, -0.1) is 17.9 Å². The number of aromatic nitrogens is 1. The van der Waals surface area contributed by atoms with Gasteiger partial charge in [0.15, 0.2) is 0 Å². The maximum absolute atomic E-state index is 12.1. The predicted octanol–water partition coefficient (Wildman–Crippen LogP) is 2.49. The third-order valence-electron chi connectivity index (χ3n) is 2.76. The van der Waals surface area contributed by atoms with Crippen LogP contribution < -0.4 is 11.1 Å². The molecule has 3 N–H and O–H groups in total. The molecule has 0 fully saturated rings. The van der Waals surface area contributed by atoms with Gasteiger partial charge in [-0.1, -0.05) is 6.08 Å². The lowest BCUT2D eigenvalue weighted by Gasteiger charge is -2.08. The Hall–Kier alpha value is -1.88. The Morgan fingerprint density at radius 1 is 1.67 bits per heavy atom. The highest BCUT2D eigenvalue weighted by Crippen LogP contribution is 2.34. The van der Waals surface area contributed by atoms with Gasteiger partial charge in [-0.3, -0.25) is 4.79 Å². The van der Waals surface area contributed by atoms with Gasteiger partial charge in [0.25, 0.3) is 5.91 Å². The van der Waals surface area contributed by atoms with Crippen molar-refractivity contribution < 1.29 is 4.79 Å². The minimum atomic E-state index is -0.178. The van der Waals surface area contributed by atoms with Gasteiger partial charge in [-0.2, -0.15) is 0 Å². The van der Waals surface area contributed by atoms with Crippen molar-refractivity contribution in [3.05, 3.63) is 35.4 Å². The lowest BCUT2D eigenvalue weighted by atomic mass is 10.1. The molecule has 1 unspecified atom stereocenters. The average Bonchev–Trinajstić information content (AvgIpc) is 2.68. The molecule has 0 bridgehead atoms. The van der Waals surface area contributed by atoms with E-state index in [2.05, 4.69) is 16.9 Å². The standard InChI is InChI=1S/C13H15N3OS/c1-4-8(3)16-12(17)11-10(14)9-7(2)5-6-15-13(9)18-11/h4-6,8H,1,14H2,2-3H3,(H,16,17). The molecule has 2 aromatic heterocycles. The molecule has 2 rings (SSSR count). The van der Waals surface area contributed by atoms with Crippen LogP contribution in [0.15, 0.2) is 24.9 Å². The van der Waals surface area contributed by atoms with Gasteiger partial charge in [0.1, 0.15) is 9.71 Å². The highest BCUT2D eigenvalue weighted by atomic mass is 32.1. The van der Waals surface area contributed by atoms with Crippen molar-refractivity contribution in [3.63, 3.8) is 0 Å². The summed E-state index contributed by atoms with van der Waals surface area (Å²) >= 11 is 1.32. The fourth-order valence-electron chi connectivity index (χ4n) is 1.70. The lowest BCUT2D eigenvalue weighted by Crippen LogP contribution is -2.30. The van der Waals surface area contributed by atoms with Crippen LogP contribution in [-0.4, -0.2) is 16.9 Å². The zero-order chi connectivity index (χ0) is 13.3. The second kappa shape index (κ2) is 4.78. The summed E-state index contributed by atoms with van der Waals surface area (Å²) in [6.45, 7) is 7.45. The van der Waals surface area contributed by atoms with E-state index >= 15 is 0 Å². The quantitative estimate of drug-likeness (QED) is 0.834. The van der Waals surface area contributed by atoms with E-state index in [9.17, 15) is 4.79 Å². The van der Waals surface area contributed by atoms with E-state index in [0.717, 1.165) is 15.8 Å². The van der Waals surface area contributed by atoms with Crippen molar-refractivity contribution in [3.8, 4) is 0 Å². The summed E-state index contributed by atoms with van der Waals surface area (Å²) < 4.78 is 0. The molecule has 94 valence electrons. The van der Waals surface area contributed by atoms with Gasteiger partial charge in [0.2, 0.25) is 0 Å². The number of hydrogen-bond donors (Lipinski definition) is 2. The fraction of sp³-hybridized carbons (Fsp3) is 0.231. The number of aryl methyl sites for hydroxylation is 1. The summed E-state index contributed by atoms with van der Waals surface area (Å²) in [6.07, 6.45) is 3.40. The number of pyridine rings is 1. The van der Waals surface area contributed by atoms with Crippen LogP contribution in [0.4, 0.5) is 5.69 Å². The largest absolute Gasteiger partial charge is 0.397 e. The minimum Gasteiger partial charge on any atom is -0.397 e. The van der Waals surface area contributed by atoms with E-state index in [1.54, 1.807) is 12.3 Å². The molecule has 4 nitrogen and oxygen atoms in total. The van der Waals surface area contributed by atoms with Crippen molar-refractivity contribution in [2.75, 3.05) is 5.73 Å². The van der Waals surface area contributed by atoms with E-state index in [1.165, 1.54) is 11.3 Å². The molecule has 0 aliphatic rings. The summed E-state index contributed by atoms with van der Waals surface area (Å²) in [5.41, 5.74) is 7.58. The van der Waals surface area contributed by atoms with Crippen molar-refractivity contribution in [2.24, 2.45) is 0 Å². The van der Waals surface area contributed by atoms with Crippen LogP contribution in [0.25, 0.3) is 10.2 Å². The predicted molar refractivity (Wildman–Crippen MR) is 75.9 cm³/mol. The number of nitrogens with two attached hydrogens (primary N) is 1. The molecule has 5 heteroatoms. The zero-order valence-electron chi connectivity index (χ0n) is 10.4. The van der Waals surface area contributed by atoms with Gasteiger partial charge in [-0.05, 0) is 25.5 Å². The van der Waals surface area contributed by atoms with Gasteiger partial charge in [-0.25, -0.2) is 4.98 Å². The number of amides is 1. The molecule has 0 aliphatic heterocycles. The third-order valence-corrected chi connectivity index (χ3v) is 3.87. The number of nitrogens with one attached hydrogen (secondary N) is 1. The van der Waals surface area contributed by atoms with Crippen LogP contribution in [0.3, 0.4) is 0 Å². The van der Waals surface area contributed by atoms with Crippen molar-refractivity contribution in [1.29, 1.82) is 0 Å². The second-order valence-electron chi connectivity index (χ2n) is 4.15. The number of nitrogen functional groups attached to an aromatic ring is 1. The number of hydrogen-bond acceptors (Lipinski definition) is 4. The van der Waals surface area contributed by atoms with Gasteiger partial charge in [0.05, 0.1) is 5.69 Å². The highest BCUT2D eigenvalue weighted by molar-refractivity contribution is 7.21. The number of rotatable bonds is 3. The molecule has 0 radical (unpaired) electrons. The lowest BCUT2D eigenvalue weighted by molar-refractivity contribution is 0.0952. The summed E-state index contributed by atoms with van der Waals surface area (Å²) in [7, 11) is 0. The SMILES string of the molecule is C=CC(C)NC(=O)c1sc2nccc(C)c2c1N. The van der Waals surface area contributed by atoms with E-state index in [-0.39, 0.29) is 11.9 Å². The van der Waals surface area contributed by atoms with E-state index in [1.807, 2.05) is 19.9 Å². The summed E-state index contributed by atoms with van der Waals surface area (Å²) in [4.78, 5) is 17.6. The Balaban J connectivity index is 2.46. The Bertz CT molecular complexity index is 618. The monoisotopic (exact) mass is 261 g/mol. The Labute approximate surface area is 110 Å². The molecule has 1 amide bonds. The Morgan fingerprint density at radius 2 is 2.39 bits per heavy atom. The maximum Gasteiger partial charge on any atom is 0.264 e. The first kappa shape index (κ1) is 12.6.